The maximum atomic E-state index is 10.9. The van der Waals surface area contributed by atoms with E-state index in [1.54, 1.807) is 11.3 Å². The van der Waals surface area contributed by atoms with Crippen LogP contribution in [0.2, 0.25) is 5.02 Å². The molecular weight excluding hydrogens is 316 g/mol. The molecule has 0 amide bonds. The fourth-order valence-electron chi connectivity index (χ4n) is 4.24. The van der Waals surface area contributed by atoms with Crippen molar-refractivity contribution in [1.29, 1.82) is 0 Å². The van der Waals surface area contributed by atoms with Crippen LogP contribution in [0.3, 0.4) is 0 Å². The van der Waals surface area contributed by atoms with Gasteiger partial charge in [-0.2, -0.15) is 0 Å². The number of aromatic nitrogens is 1. The van der Waals surface area contributed by atoms with Crippen LogP contribution in [0.5, 0.6) is 0 Å². The van der Waals surface area contributed by atoms with Crippen molar-refractivity contribution in [2.75, 3.05) is 18.0 Å². The van der Waals surface area contributed by atoms with Crippen LogP contribution in [0, 0.1) is 11.8 Å². The Labute approximate surface area is 139 Å². The Hall–Kier alpha value is -0.840. The molecule has 2 aliphatic rings. The molecule has 2 heterocycles. The van der Waals surface area contributed by atoms with Gasteiger partial charge in [0.05, 0.1) is 15.8 Å². The Bertz CT molecular complexity index is 703. The van der Waals surface area contributed by atoms with E-state index in [2.05, 4.69) is 11.8 Å². The van der Waals surface area contributed by atoms with E-state index in [-0.39, 0.29) is 0 Å². The van der Waals surface area contributed by atoms with Crippen LogP contribution in [0.1, 0.15) is 32.6 Å². The molecule has 2 aromatic rings. The molecule has 1 saturated carbocycles. The van der Waals surface area contributed by atoms with Crippen molar-refractivity contribution >= 4 is 38.3 Å². The largest absolute Gasteiger partial charge is 0.390 e. The Morgan fingerprint density at radius 1 is 1.45 bits per heavy atom. The van der Waals surface area contributed by atoms with Gasteiger partial charge in [0.1, 0.15) is 0 Å². The maximum Gasteiger partial charge on any atom is 0.186 e. The van der Waals surface area contributed by atoms with Crippen molar-refractivity contribution < 1.29 is 5.11 Å². The van der Waals surface area contributed by atoms with Gasteiger partial charge in [-0.05, 0) is 43.4 Å². The molecule has 118 valence electrons. The van der Waals surface area contributed by atoms with Gasteiger partial charge in [-0.15, -0.1) is 0 Å². The molecule has 3 atom stereocenters. The number of nitrogens with zero attached hydrogens (tertiary/aromatic N) is 2. The predicted octanol–water partition coefficient (Wildman–Crippen LogP) is 4.33. The molecule has 1 aliphatic carbocycles. The minimum absolute atomic E-state index is 0.391. The van der Waals surface area contributed by atoms with E-state index in [4.69, 9.17) is 16.6 Å². The highest BCUT2D eigenvalue weighted by Crippen LogP contribution is 2.46. The van der Waals surface area contributed by atoms with Crippen molar-refractivity contribution in [1.82, 2.24) is 4.98 Å². The van der Waals surface area contributed by atoms with Crippen LogP contribution in [0.25, 0.3) is 10.2 Å². The molecule has 0 radical (unpaired) electrons. The minimum atomic E-state index is -0.475. The Balaban J connectivity index is 1.63. The topological polar surface area (TPSA) is 36.4 Å². The van der Waals surface area contributed by atoms with Crippen molar-refractivity contribution in [3.05, 3.63) is 23.2 Å². The molecule has 1 aromatic heterocycles. The predicted molar refractivity (Wildman–Crippen MR) is 92.9 cm³/mol. The average Bonchev–Trinajstić information content (AvgIpc) is 3.11. The molecule has 5 heteroatoms. The van der Waals surface area contributed by atoms with E-state index in [9.17, 15) is 5.11 Å². The van der Waals surface area contributed by atoms with E-state index in [1.165, 1.54) is 6.42 Å². The number of hydrogen-bond donors (Lipinski definition) is 1. The van der Waals surface area contributed by atoms with Crippen LogP contribution in [-0.2, 0) is 0 Å². The molecule has 0 bridgehead atoms. The van der Waals surface area contributed by atoms with Crippen LogP contribution >= 0.6 is 22.9 Å². The van der Waals surface area contributed by atoms with Gasteiger partial charge < -0.3 is 10.0 Å². The number of anilines is 1. The lowest BCUT2D eigenvalue weighted by Gasteiger charge is -2.40. The highest BCUT2D eigenvalue weighted by molar-refractivity contribution is 7.22. The number of aliphatic hydroxyl groups is 1. The monoisotopic (exact) mass is 336 g/mol. The van der Waals surface area contributed by atoms with Gasteiger partial charge in [-0.25, -0.2) is 4.98 Å². The highest BCUT2D eigenvalue weighted by Gasteiger charge is 2.48. The second-order valence-electron chi connectivity index (χ2n) is 6.73. The summed E-state index contributed by atoms with van der Waals surface area (Å²) in [5.41, 5.74) is 0.544. The van der Waals surface area contributed by atoms with Gasteiger partial charge in [0.2, 0.25) is 0 Å². The highest BCUT2D eigenvalue weighted by atomic mass is 35.5. The maximum absolute atomic E-state index is 10.9. The summed E-state index contributed by atoms with van der Waals surface area (Å²) in [6.07, 6.45) is 4.19. The van der Waals surface area contributed by atoms with Crippen LogP contribution in [-0.4, -0.2) is 28.8 Å². The summed E-state index contributed by atoms with van der Waals surface area (Å²) in [6, 6.07) is 5.87. The molecule has 4 rings (SSSR count). The van der Waals surface area contributed by atoms with Gasteiger partial charge in [-0.3, -0.25) is 0 Å². The summed E-state index contributed by atoms with van der Waals surface area (Å²) in [4.78, 5) is 7.15. The molecular formula is C17H21ClN2OS. The quantitative estimate of drug-likeness (QED) is 0.886. The molecule has 1 aliphatic heterocycles. The molecule has 1 saturated heterocycles. The first-order valence-corrected chi connectivity index (χ1v) is 9.32. The summed E-state index contributed by atoms with van der Waals surface area (Å²) in [5.74, 6) is 0.996. The van der Waals surface area contributed by atoms with Gasteiger partial charge >= 0.3 is 0 Å². The first-order valence-electron chi connectivity index (χ1n) is 8.12. The summed E-state index contributed by atoms with van der Waals surface area (Å²) in [7, 11) is 0. The Morgan fingerprint density at radius 2 is 2.32 bits per heavy atom. The molecule has 3 nitrogen and oxygen atoms in total. The van der Waals surface area contributed by atoms with E-state index in [1.807, 2.05) is 18.2 Å². The number of hydrogen-bond acceptors (Lipinski definition) is 4. The first-order chi connectivity index (χ1) is 10.6. The molecule has 1 aromatic carbocycles. The van der Waals surface area contributed by atoms with Gasteiger partial charge in [0.25, 0.3) is 0 Å². The minimum Gasteiger partial charge on any atom is -0.390 e. The summed E-state index contributed by atoms with van der Waals surface area (Å²) < 4.78 is 1.14. The van der Waals surface area contributed by atoms with Crippen molar-refractivity contribution in [2.24, 2.45) is 11.8 Å². The van der Waals surface area contributed by atoms with E-state index >= 15 is 0 Å². The molecule has 0 unspecified atom stereocenters. The Kier molecular flexibility index (Phi) is 3.59. The number of fused-ring (bicyclic) bond motifs is 2. The van der Waals surface area contributed by atoms with Crippen molar-refractivity contribution in [2.45, 2.75) is 38.2 Å². The number of rotatable bonds is 2. The van der Waals surface area contributed by atoms with Gasteiger partial charge in [0.15, 0.2) is 5.13 Å². The normalized spacial score (nSPS) is 31.7. The average molecular weight is 337 g/mol. The van der Waals surface area contributed by atoms with Gasteiger partial charge in [0, 0.05) is 24.0 Å². The zero-order valence-electron chi connectivity index (χ0n) is 12.8. The Morgan fingerprint density at radius 3 is 3.14 bits per heavy atom. The number of thiazole rings is 1. The molecule has 22 heavy (non-hydrogen) atoms. The fraction of sp³-hybridized carbons (Fsp3) is 0.588. The lowest BCUT2D eigenvalue weighted by molar-refractivity contribution is -0.0597. The summed E-state index contributed by atoms with van der Waals surface area (Å²) in [5, 5.41) is 12.8. The summed E-state index contributed by atoms with van der Waals surface area (Å²) in [6.45, 7) is 4.08. The van der Waals surface area contributed by atoms with Gasteiger partial charge in [-0.1, -0.05) is 36.3 Å². The van der Waals surface area contributed by atoms with Crippen LogP contribution in [0.4, 0.5) is 5.13 Å². The van der Waals surface area contributed by atoms with E-state index in [0.29, 0.717) is 11.8 Å². The van der Waals surface area contributed by atoms with Crippen molar-refractivity contribution in [3.8, 4) is 0 Å². The van der Waals surface area contributed by atoms with E-state index in [0.717, 1.165) is 52.7 Å². The van der Waals surface area contributed by atoms with E-state index < -0.39 is 5.60 Å². The first kappa shape index (κ1) is 14.7. The van der Waals surface area contributed by atoms with Crippen LogP contribution in [0.15, 0.2) is 18.2 Å². The zero-order chi connectivity index (χ0) is 15.3. The smallest absolute Gasteiger partial charge is 0.186 e. The second kappa shape index (κ2) is 5.36. The lowest BCUT2D eigenvalue weighted by atomic mass is 9.69. The SMILES string of the molecule is CC[C@@]1(O)CCC[C@@H]2CN(c3nc4ccc(Cl)cc4s3)C[C@@H]21. The molecule has 0 spiro atoms. The molecule has 1 N–H and O–H groups in total. The fourth-order valence-corrected chi connectivity index (χ4v) is 5.50. The standard InChI is InChI=1S/C17H21ClN2OS/c1-2-17(21)7-3-4-11-9-20(10-13(11)17)16-19-14-6-5-12(18)8-15(14)22-16/h5-6,8,11,13,21H,2-4,7,9-10H2,1H3/t11-,13+,17-/m1/s1. The molecule has 2 fully saturated rings. The van der Waals surface area contributed by atoms with Crippen LogP contribution < -0.4 is 4.90 Å². The number of benzene rings is 1. The second-order valence-corrected chi connectivity index (χ2v) is 8.17. The third-order valence-corrected chi connectivity index (χ3v) is 6.85. The zero-order valence-corrected chi connectivity index (χ0v) is 14.3. The third kappa shape index (κ3) is 2.32. The third-order valence-electron chi connectivity index (χ3n) is 5.54. The van der Waals surface area contributed by atoms with Crippen molar-refractivity contribution in [3.63, 3.8) is 0 Å². The lowest BCUT2D eigenvalue weighted by Crippen LogP contribution is -2.44. The summed E-state index contributed by atoms with van der Waals surface area (Å²) >= 11 is 7.79. The number of halogens is 1.